The molecule has 102 valence electrons. The first-order chi connectivity index (χ1) is 9.31. The van der Waals surface area contributed by atoms with Gasteiger partial charge in [-0.1, -0.05) is 0 Å². The molecule has 0 unspecified atom stereocenters. The molecule has 2 aromatic rings. The van der Waals surface area contributed by atoms with Crippen LogP contribution >= 0.6 is 0 Å². The summed E-state index contributed by atoms with van der Waals surface area (Å²) in [6.45, 7) is 2.09. The molecule has 0 fully saturated rings. The number of fused-ring (bicyclic) bond motifs is 1. The SMILES string of the molecule is COCCOCCNC(=O)c1ccc2[nH]ccc2c1. The number of amides is 1. The standard InChI is InChI=1S/C14H18N2O3/c1-18-8-9-19-7-6-16-14(17)12-2-3-13-11(10-12)4-5-15-13/h2-5,10,15H,6-9H2,1H3,(H,16,17). The Labute approximate surface area is 111 Å². The summed E-state index contributed by atoms with van der Waals surface area (Å²) in [5.74, 6) is -0.0848. The van der Waals surface area contributed by atoms with Crippen LogP contribution in [0.25, 0.3) is 10.9 Å². The molecular formula is C14H18N2O3. The van der Waals surface area contributed by atoms with E-state index in [2.05, 4.69) is 10.3 Å². The van der Waals surface area contributed by atoms with Gasteiger partial charge in [0.25, 0.3) is 5.91 Å². The average molecular weight is 262 g/mol. The van der Waals surface area contributed by atoms with Gasteiger partial charge in [0.2, 0.25) is 0 Å². The Morgan fingerprint density at radius 1 is 1.26 bits per heavy atom. The maximum Gasteiger partial charge on any atom is 0.251 e. The fourth-order valence-corrected chi connectivity index (χ4v) is 1.78. The van der Waals surface area contributed by atoms with Crippen molar-refractivity contribution in [3.63, 3.8) is 0 Å². The topological polar surface area (TPSA) is 63.4 Å². The molecule has 1 aromatic carbocycles. The Hall–Kier alpha value is -1.85. The van der Waals surface area contributed by atoms with Crippen LogP contribution in [-0.2, 0) is 9.47 Å². The minimum Gasteiger partial charge on any atom is -0.382 e. The molecule has 0 bridgehead atoms. The van der Waals surface area contributed by atoms with Gasteiger partial charge in [-0.05, 0) is 24.3 Å². The second-order valence-electron chi connectivity index (χ2n) is 4.14. The number of rotatable bonds is 7. The molecule has 0 aliphatic heterocycles. The Kier molecular flexibility index (Phi) is 4.94. The molecule has 2 N–H and O–H groups in total. The molecule has 19 heavy (non-hydrogen) atoms. The van der Waals surface area contributed by atoms with Crippen LogP contribution < -0.4 is 5.32 Å². The van der Waals surface area contributed by atoms with E-state index < -0.39 is 0 Å². The van der Waals surface area contributed by atoms with Crippen molar-refractivity contribution >= 4 is 16.8 Å². The highest BCUT2D eigenvalue weighted by molar-refractivity contribution is 5.98. The fraction of sp³-hybridized carbons (Fsp3) is 0.357. The van der Waals surface area contributed by atoms with E-state index in [4.69, 9.17) is 9.47 Å². The highest BCUT2D eigenvalue weighted by Crippen LogP contribution is 2.13. The average Bonchev–Trinajstić information content (AvgIpc) is 2.89. The van der Waals surface area contributed by atoms with Gasteiger partial charge >= 0.3 is 0 Å². The van der Waals surface area contributed by atoms with Crippen molar-refractivity contribution in [1.82, 2.24) is 10.3 Å². The van der Waals surface area contributed by atoms with Gasteiger partial charge in [0.1, 0.15) is 0 Å². The molecule has 0 saturated carbocycles. The summed E-state index contributed by atoms with van der Waals surface area (Å²) in [7, 11) is 1.63. The van der Waals surface area contributed by atoms with E-state index in [9.17, 15) is 4.79 Å². The van der Waals surface area contributed by atoms with Crippen molar-refractivity contribution in [2.75, 3.05) is 33.5 Å². The zero-order chi connectivity index (χ0) is 13.5. The number of aromatic amines is 1. The normalized spacial score (nSPS) is 10.8. The summed E-state index contributed by atoms with van der Waals surface area (Å²) >= 11 is 0. The summed E-state index contributed by atoms with van der Waals surface area (Å²) < 4.78 is 10.1. The fourth-order valence-electron chi connectivity index (χ4n) is 1.78. The summed E-state index contributed by atoms with van der Waals surface area (Å²) in [6, 6.07) is 7.52. The van der Waals surface area contributed by atoms with Crippen LogP contribution in [0.4, 0.5) is 0 Å². The molecule has 5 nitrogen and oxygen atoms in total. The van der Waals surface area contributed by atoms with Gasteiger partial charge < -0.3 is 19.8 Å². The third-order valence-electron chi connectivity index (χ3n) is 2.78. The van der Waals surface area contributed by atoms with Crippen molar-refractivity contribution in [2.24, 2.45) is 0 Å². The van der Waals surface area contributed by atoms with Crippen LogP contribution in [0, 0.1) is 0 Å². The van der Waals surface area contributed by atoms with Gasteiger partial charge in [0.15, 0.2) is 0 Å². The van der Waals surface area contributed by atoms with Crippen molar-refractivity contribution in [3.8, 4) is 0 Å². The second kappa shape index (κ2) is 6.92. The number of H-pyrrole nitrogens is 1. The number of aromatic nitrogens is 1. The first-order valence-corrected chi connectivity index (χ1v) is 6.23. The molecule has 1 aromatic heterocycles. The number of methoxy groups -OCH3 is 1. The van der Waals surface area contributed by atoms with E-state index in [1.807, 2.05) is 24.4 Å². The lowest BCUT2D eigenvalue weighted by Crippen LogP contribution is -2.27. The van der Waals surface area contributed by atoms with E-state index in [-0.39, 0.29) is 5.91 Å². The molecule has 2 rings (SSSR count). The van der Waals surface area contributed by atoms with Crippen molar-refractivity contribution < 1.29 is 14.3 Å². The Balaban J connectivity index is 1.79. The number of hydrogen-bond donors (Lipinski definition) is 2. The Bertz CT molecular complexity index is 536. The van der Waals surface area contributed by atoms with E-state index in [1.54, 1.807) is 13.2 Å². The molecular weight excluding hydrogens is 244 g/mol. The first kappa shape index (κ1) is 13.6. The van der Waals surface area contributed by atoms with Crippen LogP contribution in [0.2, 0.25) is 0 Å². The predicted molar refractivity (Wildman–Crippen MR) is 73.3 cm³/mol. The number of carbonyl (C=O) groups is 1. The smallest absolute Gasteiger partial charge is 0.251 e. The minimum atomic E-state index is -0.0848. The van der Waals surface area contributed by atoms with Gasteiger partial charge in [0.05, 0.1) is 19.8 Å². The molecule has 0 atom stereocenters. The number of nitrogens with one attached hydrogen (secondary N) is 2. The second-order valence-corrected chi connectivity index (χ2v) is 4.14. The molecule has 0 saturated heterocycles. The van der Waals surface area contributed by atoms with Crippen LogP contribution in [0.3, 0.4) is 0 Å². The zero-order valence-corrected chi connectivity index (χ0v) is 10.9. The highest BCUT2D eigenvalue weighted by atomic mass is 16.5. The number of carbonyl (C=O) groups excluding carboxylic acids is 1. The highest BCUT2D eigenvalue weighted by Gasteiger charge is 2.05. The van der Waals surface area contributed by atoms with Crippen LogP contribution in [0.5, 0.6) is 0 Å². The third-order valence-corrected chi connectivity index (χ3v) is 2.78. The van der Waals surface area contributed by atoms with Crippen molar-refractivity contribution in [2.45, 2.75) is 0 Å². The van der Waals surface area contributed by atoms with Gasteiger partial charge in [0, 0.05) is 36.3 Å². The van der Waals surface area contributed by atoms with Crippen LogP contribution in [0.1, 0.15) is 10.4 Å². The molecule has 0 spiro atoms. The Morgan fingerprint density at radius 2 is 2.16 bits per heavy atom. The Morgan fingerprint density at radius 3 is 3.00 bits per heavy atom. The van der Waals surface area contributed by atoms with Crippen LogP contribution in [-0.4, -0.2) is 44.4 Å². The quantitative estimate of drug-likeness (QED) is 0.744. The van der Waals surface area contributed by atoms with Gasteiger partial charge in [-0.2, -0.15) is 0 Å². The number of ether oxygens (including phenoxy) is 2. The molecule has 1 amide bonds. The minimum absolute atomic E-state index is 0.0848. The van der Waals surface area contributed by atoms with Crippen molar-refractivity contribution in [3.05, 3.63) is 36.0 Å². The van der Waals surface area contributed by atoms with Gasteiger partial charge in [-0.3, -0.25) is 4.79 Å². The largest absolute Gasteiger partial charge is 0.382 e. The monoisotopic (exact) mass is 262 g/mol. The van der Waals surface area contributed by atoms with E-state index >= 15 is 0 Å². The van der Waals surface area contributed by atoms with E-state index in [0.29, 0.717) is 31.9 Å². The number of benzene rings is 1. The van der Waals surface area contributed by atoms with Gasteiger partial charge in [-0.15, -0.1) is 0 Å². The van der Waals surface area contributed by atoms with E-state index in [1.165, 1.54) is 0 Å². The predicted octanol–water partition coefficient (Wildman–Crippen LogP) is 1.56. The van der Waals surface area contributed by atoms with Crippen molar-refractivity contribution in [1.29, 1.82) is 0 Å². The maximum atomic E-state index is 11.9. The zero-order valence-electron chi connectivity index (χ0n) is 10.9. The summed E-state index contributed by atoms with van der Waals surface area (Å²) in [6.07, 6.45) is 1.86. The third kappa shape index (κ3) is 3.81. The molecule has 0 aliphatic carbocycles. The maximum absolute atomic E-state index is 11.9. The van der Waals surface area contributed by atoms with Crippen LogP contribution in [0.15, 0.2) is 30.5 Å². The summed E-state index contributed by atoms with van der Waals surface area (Å²) in [5, 5.41) is 3.85. The lowest BCUT2D eigenvalue weighted by Gasteiger charge is -2.06. The molecule has 0 aliphatic rings. The summed E-state index contributed by atoms with van der Waals surface area (Å²) in [5.41, 5.74) is 1.68. The first-order valence-electron chi connectivity index (χ1n) is 6.23. The lowest BCUT2D eigenvalue weighted by atomic mass is 10.1. The van der Waals surface area contributed by atoms with Gasteiger partial charge in [-0.25, -0.2) is 0 Å². The lowest BCUT2D eigenvalue weighted by molar-refractivity contribution is 0.0693. The summed E-state index contributed by atoms with van der Waals surface area (Å²) in [4.78, 5) is 15.0. The molecule has 1 heterocycles. The number of hydrogen-bond acceptors (Lipinski definition) is 3. The molecule has 0 radical (unpaired) electrons. The van der Waals surface area contributed by atoms with E-state index in [0.717, 1.165) is 10.9 Å². The molecule has 5 heteroatoms.